The van der Waals surface area contributed by atoms with Gasteiger partial charge in [0.25, 0.3) is 0 Å². The number of nitrogens with two attached hydrogens (primary N) is 1. The highest BCUT2D eigenvalue weighted by atomic mass is 19.2. The van der Waals surface area contributed by atoms with Crippen LogP contribution < -0.4 is 11.3 Å². The van der Waals surface area contributed by atoms with E-state index in [0.29, 0.717) is 6.42 Å². The summed E-state index contributed by atoms with van der Waals surface area (Å²) in [6.07, 6.45) is 1.53. The van der Waals surface area contributed by atoms with Crippen molar-refractivity contribution in [3.05, 3.63) is 35.4 Å². The van der Waals surface area contributed by atoms with Gasteiger partial charge in [-0.3, -0.25) is 11.3 Å². The molecule has 0 radical (unpaired) electrons. The topological polar surface area (TPSA) is 38.0 Å². The van der Waals surface area contributed by atoms with Gasteiger partial charge in [-0.1, -0.05) is 25.5 Å². The summed E-state index contributed by atoms with van der Waals surface area (Å²) in [5.41, 5.74) is 2.77. The molecule has 0 aliphatic rings. The first kappa shape index (κ1) is 11.1. The van der Waals surface area contributed by atoms with Crippen molar-refractivity contribution in [1.29, 1.82) is 0 Å². The lowest BCUT2D eigenvalue weighted by molar-refractivity contribution is 0.450. The van der Waals surface area contributed by atoms with Gasteiger partial charge in [0.2, 0.25) is 0 Å². The fraction of sp³-hybridized carbons (Fsp3) is 0.400. The second-order valence-corrected chi connectivity index (χ2v) is 3.15. The number of hydrogen-bond donors (Lipinski definition) is 2. The first-order chi connectivity index (χ1) is 6.70. The summed E-state index contributed by atoms with van der Waals surface area (Å²) in [4.78, 5) is 0. The van der Waals surface area contributed by atoms with Crippen LogP contribution in [-0.2, 0) is 0 Å². The van der Waals surface area contributed by atoms with Crippen molar-refractivity contribution in [2.24, 2.45) is 5.84 Å². The molecule has 1 unspecified atom stereocenters. The predicted molar refractivity (Wildman–Crippen MR) is 51.3 cm³/mol. The van der Waals surface area contributed by atoms with Gasteiger partial charge in [-0.25, -0.2) is 8.78 Å². The van der Waals surface area contributed by atoms with Crippen LogP contribution in [0, 0.1) is 11.6 Å². The molecule has 3 N–H and O–H groups in total. The van der Waals surface area contributed by atoms with Crippen molar-refractivity contribution in [2.75, 3.05) is 0 Å². The molecule has 78 valence electrons. The summed E-state index contributed by atoms with van der Waals surface area (Å²) in [7, 11) is 0. The lowest BCUT2D eigenvalue weighted by Crippen LogP contribution is -2.28. The Morgan fingerprint density at radius 2 is 2.14 bits per heavy atom. The molecule has 0 heterocycles. The number of hydrazine groups is 1. The molecular formula is C10H14F2N2. The van der Waals surface area contributed by atoms with Crippen LogP contribution >= 0.6 is 0 Å². The average Bonchev–Trinajstić information content (AvgIpc) is 2.19. The van der Waals surface area contributed by atoms with E-state index in [0.717, 1.165) is 12.5 Å². The standard InChI is InChI=1S/C10H14F2N2/c1-2-4-9(14-13)7-5-3-6-8(11)10(7)12/h3,5-6,9,14H,2,4,13H2,1H3. The Morgan fingerprint density at radius 1 is 1.43 bits per heavy atom. The van der Waals surface area contributed by atoms with Gasteiger partial charge in [0.1, 0.15) is 0 Å². The number of hydrogen-bond acceptors (Lipinski definition) is 2. The molecule has 0 spiro atoms. The molecule has 0 aliphatic carbocycles. The molecule has 0 saturated heterocycles. The highest BCUT2D eigenvalue weighted by Gasteiger charge is 2.15. The van der Waals surface area contributed by atoms with Gasteiger partial charge in [-0.2, -0.15) is 0 Å². The van der Waals surface area contributed by atoms with Gasteiger partial charge in [0.05, 0.1) is 0 Å². The van der Waals surface area contributed by atoms with Crippen molar-refractivity contribution in [1.82, 2.24) is 5.43 Å². The van der Waals surface area contributed by atoms with Crippen LogP contribution in [-0.4, -0.2) is 0 Å². The zero-order valence-corrected chi connectivity index (χ0v) is 8.06. The summed E-state index contributed by atoms with van der Waals surface area (Å²) in [5, 5.41) is 0. The molecule has 4 heteroatoms. The minimum atomic E-state index is -0.834. The van der Waals surface area contributed by atoms with Crippen molar-refractivity contribution in [3.8, 4) is 0 Å². The highest BCUT2D eigenvalue weighted by Crippen LogP contribution is 2.22. The Balaban J connectivity index is 2.97. The second-order valence-electron chi connectivity index (χ2n) is 3.15. The van der Waals surface area contributed by atoms with Crippen molar-refractivity contribution >= 4 is 0 Å². The van der Waals surface area contributed by atoms with Crippen LogP contribution in [0.3, 0.4) is 0 Å². The molecule has 0 bridgehead atoms. The average molecular weight is 200 g/mol. The maximum Gasteiger partial charge on any atom is 0.163 e. The van der Waals surface area contributed by atoms with E-state index in [9.17, 15) is 8.78 Å². The van der Waals surface area contributed by atoms with Crippen molar-refractivity contribution in [3.63, 3.8) is 0 Å². The monoisotopic (exact) mass is 200 g/mol. The summed E-state index contributed by atoms with van der Waals surface area (Å²) >= 11 is 0. The van der Waals surface area contributed by atoms with Crippen LogP contribution in [0.2, 0.25) is 0 Å². The Morgan fingerprint density at radius 3 is 2.71 bits per heavy atom. The van der Waals surface area contributed by atoms with Gasteiger partial charge in [0, 0.05) is 11.6 Å². The van der Waals surface area contributed by atoms with Gasteiger partial charge >= 0.3 is 0 Å². The molecule has 1 atom stereocenters. The predicted octanol–water partition coefficient (Wildman–Crippen LogP) is 2.27. The van der Waals surface area contributed by atoms with E-state index in [4.69, 9.17) is 5.84 Å². The third-order valence-corrected chi connectivity index (χ3v) is 2.14. The molecule has 0 amide bonds. The van der Waals surface area contributed by atoms with Gasteiger partial charge in [-0.05, 0) is 12.5 Å². The second kappa shape index (κ2) is 5.02. The molecule has 0 fully saturated rings. The lowest BCUT2D eigenvalue weighted by atomic mass is 10.0. The van der Waals surface area contributed by atoms with E-state index in [1.165, 1.54) is 6.07 Å². The molecule has 14 heavy (non-hydrogen) atoms. The smallest absolute Gasteiger partial charge is 0.163 e. The molecule has 1 aromatic rings. The van der Waals surface area contributed by atoms with E-state index in [1.54, 1.807) is 6.07 Å². The van der Waals surface area contributed by atoms with E-state index >= 15 is 0 Å². The number of rotatable bonds is 4. The maximum absolute atomic E-state index is 13.3. The summed E-state index contributed by atoms with van der Waals surface area (Å²) < 4.78 is 26.2. The normalized spacial score (nSPS) is 12.9. The van der Waals surface area contributed by atoms with Gasteiger partial charge < -0.3 is 0 Å². The number of halogens is 2. The Kier molecular flexibility index (Phi) is 3.98. The number of benzene rings is 1. The quantitative estimate of drug-likeness (QED) is 0.578. The number of nitrogens with one attached hydrogen (secondary N) is 1. The molecule has 0 aromatic heterocycles. The zero-order chi connectivity index (χ0) is 10.6. The van der Waals surface area contributed by atoms with Crippen molar-refractivity contribution < 1.29 is 8.78 Å². The summed E-state index contributed by atoms with van der Waals surface area (Å²) in [5.74, 6) is 3.62. The summed E-state index contributed by atoms with van der Waals surface area (Å²) in [6.45, 7) is 1.96. The van der Waals surface area contributed by atoms with E-state index in [2.05, 4.69) is 5.43 Å². The fourth-order valence-electron chi connectivity index (χ4n) is 1.41. The molecule has 2 nitrogen and oxygen atoms in total. The van der Waals surface area contributed by atoms with E-state index < -0.39 is 11.6 Å². The van der Waals surface area contributed by atoms with Gasteiger partial charge in [0.15, 0.2) is 11.6 Å². The SMILES string of the molecule is CCCC(NN)c1cccc(F)c1F. The third-order valence-electron chi connectivity index (χ3n) is 2.14. The molecule has 1 rings (SSSR count). The Labute approximate surface area is 82.1 Å². The lowest BCUT2D eigenvalue weighted by Gasteiger charge is -2.15. The first-order valence-electron chi connectivity index (χ1n) is 4.60. The van der Waals surface area contributed by atoms with Crippen LogP contribution in [0.4, 0.5) is 8.78 Å². The van der Waals surface area contributed by atoms with E-state index in [1.807, 2.05) is 6.92 Å². The van der Waals surface area contributed by atoms with Gasteiger partial charge in [-0.15, -0.1) is 0 Å². The minimum absolute atomic E-state index is 0.286. The zero-order valence-electron chi connectivity index (χ0n) is 8.06. The highest BCUT2D eigenvalue weighted by molar-refractivity contribution is 5.22. The van der Waals surface area contributed by atoms with Crippen LogP contribution in [0.15, 0.2) is 18.2 Å². The first-order valence-corrected chi connectivity index (χ1v) is 4.60. The van der Waals surface area contributed by atoms with Crippen molar-refractivity contribution in [2.45, 2.75) is 25.8 Å². The minimum Gasteiger partial charge on any atom is -0.271 e. The Bertz CT molecular complexity index is 302. The molecule has 0 aliphatic heterocycles. The third kappa shape index (κ3) is 2.27. The fourth-order valence-corrected chi connectivity index (χ4v) is 1.41. The van der Waals surface area contributed by atoms with E-state index in [-0.39, 0.29) is 11.6 Å². The van der Waals surface area contributed by atoms with Crippen LogP contribution in [0.5, 0.6) is 0 Å². The Hall–Kier alpha value is -1.00. The maximum atomic E-state index is 13.3. The molecular weight excluding hydrogens is 186 g/mol. The summed E-state index contributed by atoms with van der Waals surface area (Å²) in [6, 6.07) is 3.79. The van der Waals surface area contributed by atoms with Crippen LogP contribution in [0.25, 0.3) is 0 Å². The molecule has 1 aromatic carbocycles. The van der Waals surface area contributed by atoms with Crippen LogP contribution in [0.1, 0.15) is 31.4 Å². The largest absolute Gasteiger partial charge is 0.271 e. The molecule has 0 saturated carbocycles.